The van der Waals surface area contributed by atoms with Crippen LogP contribution in [-0.4, -0.2) is 26.7 Å². The minimum absolute atomic E-state index is 0.150. The molecule has 0 saturated heterocycles. The van der Waals surface area contributed by atoms with Gasteiger partial charge in [0.15, 0.2) is 0 Å². The summed E-state index contributed by atoms with van der Waals surface area (Å²) < 4.78 is 0.414. The van der Waals surface area contributed by atoms with Crippen LogP contribution in [0.4, 0.5) is 0 Å². The van der Waals surface area contributed by atoms with Gasteiger partial charge in [-0.05, 0) is 19.4 Å². The number of allylic oxidation sites excluding steroid dienone is 3. The van der Waals surface area contributed by atoms with Crippen molar-refractivity contribution in [3.05, 3.63) is 53.6 Å². The van der Waals surface area contributed by atoms with Crippen LogP contribution >= 0.6 is 11.8 Å². The van der Waals surface area contributed by atoms with E-state index in [0.29, 0.717) is 10.0 Å². The predicted molar refractivity (Wildman–Crippen MR) is 105 cm³/mol. The van der Waals surface area contributed by atoms with Crippen molar-refractivity contribution >= 4 is 21.4 Å². The Balaban J connectivity index is 2.49. The van der Waals surface area contributed by atoms with Crippen LogP contribution in [0.1, 0.15) is 50.7 Å². The Kier molecular flexibility index (Phi) is 10.1. The molecule has 4 heteroatoms. The molecule has 2 unspecified atom stereocenters. The zero-order valence-corrected chi connectivity index (χ0v) is 18.7. The molecule has 0 aliphatic heterocycles. The number of nitrogens with two attached hydrogens (primary N) is 1. The fourth-order valence-electron chi connectivity index (χ4n) is 2.30. The van der Waals surface area contributed by atoms with E-state index < -0.39 is 0 Å². The van der Waals surface area contributed by atoms with Crippen LogP contribution in [0.5, 0.6) is 0 Å². The zero-order valence-electron chi connectivity index (χ0n) is 14.9. The van der Waals surface area contributed by atoms with E-state index in [9.17, 15) is 5.11 Å². The van der Waals surface area contributed by atoms with Gasteiger partial charge in [-0.2, -0.15) is 0 Å². The van der Waals surface area contributed by atoms with Crippen LogP contribution in [-0.2, 0) is 19.4 Å². The predicted octanol–water partition coefficient (Wildman–Crippen LogP) is 4.66. The summed E-state index contributed by atoms with van der Waals surface area (Å²) in [5.41, 5.74) is 10.8. The molecule has 0 aliphatic rings. The van der Waals surface area contributed by atoms with Gasteiger partial charge in [-0.1, -0.05) is 12.7 Å². The summed E-state index contributed by atoms with van der Waals surface area (Å²) in [6, 6.07) is 8.59. The first kappa shape index (κ1) is 21.6. The molecule has 0 amide bonds. The Morgan fingerprint density at radius 3 is 2.67 bits per heavy atom. The summed E-state index contributed by atoms with van der Waals surface area (Å²) in [5, 5.41) is 9.35. The topological polar surface area (TPSA) is 46.2 Å². The summed E-state index contributed by atoms with van der Waals surface area (Å²) in [6.07, 6.45) is 4.10. The maximum absolute atomic E-state index is 9.35. The van der Waals surface area contributed by atoms with E-state index >= 15 is 0 Å². The molecule has 0 aliphatic carbocycles. The van der Waals surface area contributed by atoms with Crippen molar-refractivity contribution in [3.8, 4) is 0 Å². The van der Waals surface area contributed by atoms with Gasteiger partial charge in [0.05, 0.1) is 0 Å². The normalized spacial score (nSPS) is 14.3. The van der Waals surface area contributed by atoms with Gasteiger partial charge in [-0.15, -0.1) is 0 Å². The van der Waals surface area contributed by atoms with Crippen molar-refractivity contribution in [1.29, 1.82) is 0 Å². The molecule has 1 aromatic rings. The molecule has 24 heavy (non-hydrogen) atoms. The average molecular weight is 515 g/mol. The first-order valence-electron chi connectivity index (χ1n) is 8.35. The third-order valence-corrected chi connectivity index (χ3v) is 6.44. The van der Waals surface area contributed by atoms with E-state index in [4.69, 9.17) is 5.73 Å². The van der Waals surface area contributed by atoms with Gasteiger partial charge in [-0.25, -0.2) is 0 Å². The van der Waals surface area contributed by atoms with E-state index in [0.717, 1.165) is 49.3 Å². The molecule has 1 rings (SSSR count). The summed E-state index contributed by atoms with van der Waals surface area (Å²) in [6.45, 7) is 10.6. The number of thioether (sulfide) groups is 1. The fraction of sp³-hybridized carbons (Fsp3) is 0.450. The second-order valence-corrected chi connectivity index (χ2v) is 8.84. The summed E-state index contributed by atoms with van der Waals surface area (Å²) in [7, 11) is 0. The molecular weight excluding hydrogens is 486 g/mol. The molecule has 2 nitrogen and oxygen atoms in total. The van der Waals surface area contributed by atoms with Crippen LogP contribution in [0.2, 0.25) is 0 Å². The van der Waals surface area contributed by atoms with Crippen LogP contribution in [0.3, 0.4) is 0 Å². The van der Waals surface area contributed by atoms with Crippen LogP contribution < -0.4 is 5.73 Å². The van der Waals surface area contributed by atoms with Gasteiger partial charge in [0, 0.05) is 0 Å². The van der Waals surface area contributed by atoms with E-state index in [2.05, 4.69) is 50.8 Å². The summed E-state index contributed by atoms with van der Waals surface area (Å²) in [5.74, 6) is 2.65. The van der Waals surface area contributed by atoms with E-state index in [1.54, 1.807) is 0 Å². The van der Waals surface area contributed by atoms with E-state index in [1.165, 1.54) is 16.7 Å². The molecular formula is C20H29NOSW. The van der Waals surface area contributed by atoms with E-state index in [-0.39, 0.29) is 6.04 Å². The van der Waals surface area contributed by atoms with E-state index in [1.807, 2.05) is 18.7 Å². The number of benzene rings is 1. The Labute approximate surface area is 162 Å². The van der Waals surface area contributed by atoms with Gasteiger partial charge in [0.2, 0.25) is 0 Å². The van der Waals surface area contributed by atoms with Crippen LogP contribution in [0.25, 0.3) is 5.57 Å². The second kappa shape index (κ2) is 11.2. The fourth-order valence-corrected chi connectivity index (χ4v) is 3.87. The van der Waals surface area contributed by atoms with Crippen molar-refractivity contribution in [1.82, 2.24) is 0 Å². The molecule has 0 radical (unpaired) electrons. The third kappa shape index (κ3) is 7.19. The van der Waals surface area contributed by atoms with Gasteiger partial charge >= 0.3 is 130 Å². The Morgan fingerprint density at radius 2 is 2.04 bits per heavy atom. The molecule has 2 atom stereocenters. The zero-order chi connectivity index (χ0) is 18.1. The monoisotopic (exact) mass is 515 g/mol. The Morgan fingerprint density at radius 1 is 1.38 bits per heavy atom. The second-order valence-electron chi connectivity index (χ2n) is 6.11. The molecule has 0 bridgehead atoms. The maximum atomic E-state index is 9.35. The van der Waals surface area contributed by atoms with Gasteiger partial charge in [-0.3, -0.25) is 0 Å². The van der Waals surface area contributed by atoms with Crippen LogP contribution in [0, 0.1) is 0 Å². The third-order valence-electron chi connectivity index (χ3n) is 4.30. The standard InChI is InChI=1S/C20H29NOS.W/c1-5-15(2)17(4)19-8-6-7-18(13-19)16(3)9-11-23-12-10-20(21)14-22;/h5-8,13,16,20,22H,4,9-12,21H2,1-3H3;/b15-5-;. The van der Waals surface area contributed by atoms with Crippen molar-refractivity contribution in [2.24, 2.45) is 5.73 Å². The van der Waals surface area contributed by atoms with Gasteiger partial charge < -0.3 is 0 Å². The van der Waals surface area contributed by atoms with Crippen molar-refractivity contribution < 1.29 is 24.5 Å². The average Bonchev–Trinajstić information content (AvgIpc) is 2.59. The van der Waals surface area contributed by atoms with Crippen molar-refractivity contribution in [2.45, 2.75) is 45.6 Å². The number of aliphatic hydroxyl groups is 1. The molecule has 1 aromatic carbocycles. The molecule has 3 N–H and O–H groups in total. The number of hydrogen-bond donors (Lipinski definition) is 2. The number of rotatable bonds is 10. The molecule has 0 saturated carbocycles. The number of hydrogen-bond acceptors (Lipinski definition) is 3. The van der Waals surface area contributed by atoms with Gasteiger partial charge in [0.25, 0.3) is 0 Å². The van der Waals surface area contributed by atoms with Crippen molar-refractivity contribution in [3.63, 3.8) is 0 Å². The minimum atomic E-state index is -0.150. The SMILES string of the molecule is C=C(/C(C)=C\C)c1cccc(C(C)CCSCCC(N)[C](O)=[W])c1. The summed E-state index contributed by atoms with van der Waals surface area (Å²) >= 11 is 2.99. The molecule has 0 spiro atoms. The van der Waals surface area contributed by atoms with Crippen molar-refractivity contribution in [2.75, 3.05) is 11.5 Å². The summed E-state index contributed by atoms with van der Waals surface area (Å²) in [4.78, 5) is 0. The number of aliphatic hydroxyl groups excluding tert-OH is 1. The quantitative estimate of drug-likeness (QED) is 0.352. The Hall–Kier alpha value is -0.472. The molecule has 132 valence electrons. The molecule has 0 aromatic heterocycles. The van der Waals surface area contributed by atoms with Crippen LogP contribution in [0.15, 0.2) is 42.5 Å². The molecule has 0 fully saturated rings. The first-order chi connectivity index (χ1) is 11.4. The Bertz CT molecular complexity index is 597. The van der Waals surface area contributed by atoms with Gasteiger partial charge in [0.1, 0.15) is 0 Å². The molecule has 0 heterocycles. The first-order valence-corrected chi connectivity index (χ1v) is 11.0.